The van der Waals surface area contributed by atoms with E-state index in [-0.39, 0.29) is 37.1 Å². The van der Waals surface area contributed by atoms with Gasteiger partial charge < -0.3 is 31.1 Å². The van der Waals surface area contributed by atoms with Gasteiger partial charge in [-0.15, -0.1) is 0 Å². The number of ether oxygens (including phenoxy) is 1. The number of likely N-dealkylation sites (tertiary alicyclic amines) is 1. The maximum atomic E-state index is 13.2. The maximum Gasteiger partial charge on any atom is 0.322 e. The normalized spacial score (nSPS) is 22.3. The van der Waals surface area contributed by atoms with Gasteiger partial charge in [-0.25, -0.2) is 4.98 Å². The van der Waals surface area contributed by atoms with E-state index in [1.54, 1.807) is 6.20 Å². The Morgan fingerprint density at radius 1 is 1.25 bits per heavy atom. The molecule has 0 spiro atoms. The SMILES string of the molecule is N[C@@H](CNC(=O)CO[C@@H]1C[C@@H](CNc2ccccn2)N(C(=O)C2CCCCC2)C1)C(=O)O. The molecule has 1 aromatic rings. The minimum Gasteiger partial charge on any atom is -0.480 e. The lowest BCUT2D eigenvalue weighted by Crippen LogP contribution is -2.44. The highest BCUT2D eigenvalue weighted by atomic mass is 16.5. The summed E-state index contributed by atoms with van der Waals surface area (Å²) in [6.07, 6.45) is 7.25. The van der Waals surface area contributed by atoms with E-state index in [9.17, 15) is 14.4 Å². The van der Waals surface area contributed by atoms with Crippen LogP contribution in [-0.4, -0.2) is 77.2 Å². The van der Waals surface area contributed by atoms with Crippen LogP contribution in [0.3, 0.4) is 0 Å². The number of hydrogen-bond donors (Lipinski definition) is 4. The first kappa shape index (κ1) is 23.9. The van der Waals surface area contributed by atoms with Gasteiger partial charge in [0.1, 0.15) is 18.5 Å². The van der Waals surface area contributed by atoms with Gasteiger partial charge in [-0.3, -0.25) is 14.4 Å². The topological polar surface area (TPSA) is 147 Å². The number of aromatic nitrogens is 1. The van der Waals surface area contributed by atoms with Crippen molar-refractivity contribution in [1.82, 2.24) is 15.2 Å². The van der Waals surface area contributed by atoms with Gasteiger partial charge in [0.15, 0.2) is 0 Å². The molecule has 0 unspecified atom stereocenters. The molecule has 2 amide bonds. The molecule has 10 heteroatoms. The summed E-state index contributed by atoms with van der Waals surface area (Å²) < 4.78 is 5.77. The fourth-order valence-corrected chi connectivity index (χ4v) is 4.29. The number of hydrogen-bond acceptors (Lipinski definition) is 7. The van der Waals surface area contributed by atoms with Crippen LogP contribution in [0.5, 0.6) is 0 Å². The highest BCUT2D eigenvalue weighted by Crippen LogP contribution is 2.29. The van der Waals surface area contributed by atoms with Crippen LogP contribution in [0, 0.1) is 5.92 Å². The lowest BCUT2D eigenvalue weighted by atomic mass is 9.88. The summed E-state index contributed by atoms with van der Waals surface area (Å²) in [5.41, 5.74) is 5.39. The van der Waals surface area contributed by atoms with Crippen molar-refractivity contribution in [3.8, 4) is 0 Å². The molecule has 2 aliphatic rings. The molecule has 0 radical (unpaired) electrons. The van der Waals surface area contributed by atoms with Crippen LogP contribution >= 0.6 is 0 Å². The quantitative estimate of drug-likeness (QED) is 0.407. The molecular formula is C22H33N5O5. The number of anilines is 1. The van der Waals surface area contributed by atoms with Crippen LogP contribution in [0.25, 0.3) is 0 Å². The van der Waals surface area contributed by atoms with E-state index < -0.39 is 17.9 Å². The second kappa shape index (κ2) is 11.8. The number of rotatable bonds is 10. The van der Waals surface area contributed by atoms with Crippen molar-refractivity contribution in [3.63, 3.8) is 0 Å². The van der Waals surface area contributed by atoms with Crippen molar-refractivity contribution in [1.29, 1.82) is 0 Å². The molecule has 3 rings (SSSR count). The van der Waals surface area contributed by atoms with Gasteiger partial charge in [-0.05, 0) is 31.4 Å². The molecule has 1 saturated heterocycles. The van der Waals surface area contributed by atoms with Crippen LogP contribution < -0.4 is 16.4 Å². The predicted molar refractivity (Wildman–Crippen MR) is 118 cm³/mol. The van der Waals surface area contributed by atoms with E-state index in [0.29, 0.717) is 19.5 Å². The predicted octanol–water partition coefficient (Wildman–Crippen LogP) is 0.588. The number of aliphatic carboxylic acids is 1. The lowest BCUT2D eigenvalue weighted by molar-refractivity contribution is -0.138. The summed E-state index contributed by atoms with van der Waals surface area (Å²) in [5.74, 6) is -0.638. The molecule has 1 aromatic heterocycles. The first-order chi connectivity index (χ1) is 15.4. The molecule has 32 heavy (non-hydrogen) atoms. The summed E-state index contributed by atoms with van der Waals surface area (Å²) in [4.78, 5) is 42.1. The highest BCUT2D eigenvalue weighted by molar-refractivity contribution is 5.80. The number of carbonyl (C=O) groups excluding carboxylic acids is 2. The minimum atomic E-state index is -1.18. The minimum absolute atomic E-state index is 0.0556. The fourth-order valence-electron chi connectivity index (χ4n) is 4.29. The molecule has 0 bridgehead atoms. The number of carboxylic acid groups (broad SMARTS) is 1. The van der Waals surface area contributed by atoms with Gasteiger partial charge in [0.25, 0.3) is 0 Å². The van der Waals surface area contributed by atoms with Gasteiger partial charge >= 0.3 is 5.97 Å². The van der Waals surface area contributed by atoms with E-state index in [1.165, 1.54) is 6.42 Å². The summed E-state index contributed by atoms with van der Waals surface area (Å²) in [6, 6.07) is 4.41. The second-order valence-corrected chi connectivity index (χ2v) is 8.49. The van der Waals surface area contributed by atoms with Gasteiger partial charge in [-0.2, -0.15) is 0 Å². The smallest absolute Gasteiger partial charge is 0.322 e. The number of nitrogens with two attached hydrogens (primary N) is 1. The molecule has 2 fully saturated rings. The Labute approximate surface area is 187 Å². The van der Waals surface area contributed by atoms with Crippen LogP contribution in [-0.2, 0) is 19.1 Å². The second-order valence-electron chi connectivity index (χ2n) is 8.49. The molecule has 176 valence electrons. The van der Waals surface area contributed by atoms with Crippen LogP contribution in [0.15, 0.2) is 24.4 Å². The number of pyridine rings is 1. The average molecular weight is 448 g/mol. The Kier molecular flexibility index (Phi) is 8.81. The standard InChI is InChI=1S/C22H33N5O5/c23-18(22(30)31)12-26-20(28)14-32-17-10-16(11-25-19-8-4-5-9-24-19)27(13-17)21(29)15-6-2-1-3-7-15/h4-5,8-9,15-18H,1-3,6-7,10-14,23H2,(H,24,25)(H,26,28)(H,30,31)/t16-,17+,18-/m0/s1. The molecule has 0 aromatic carbocycles. The molecule has 3 atom stereocenters. The van der Waals surface area contributed by atoms with E-state index in [0.717, 1.165) is 31.5 Å². The lowest BCUT2D eigenvalue weighted by Gasteiger charge is -2.30. The molecule has 1 saturated carbocycles. The van der Waals surface area contributed by atoms with Gasteiger partial charge in [0.05, 0.1) is 12.1 Å². The number of amides is 2. The third kappa shape index (κ3) is 6.89. The average Bonchev–Trinajstić information content (AvgIpc) is 3.23. The molecule has 1 aliphatic carbocycles. The summed E-state index contributed by atoms with van der Waals surface area (Å²) >= 11 is 0. The molecular weight excluding hydrogens is 414 g/mol. The van der Waals surface area contributed by atoms with Crippen molar-refractivity contribution in [2.45, 2.75) is 56.7 Å². The Hall–Kier alpha value is -2.72. The zero-order valence-corrected chi connectivity index (χ0v) is 18.2. The first-order valence-corrected chi connectivity index (χ1v) is 11.3. The monoisotopic (exact) mass is 447 g/mol. The van der Waals surface area contributed by atoms with Crippen molar-refractivity contribution >= 4 is 23.6 Å². The third-order valence-corrected chi connectivity index (χ3v) is 6.08. The third-order valence-electron chi connectivity index (χ3n) is 6.08. The molecule has 10 nitrogen and oxygen atoms in total. The van der Waals surface area contributed by atoms with Crippen molar-refractivity contribution < 1.29 is 24.2 Å². The fraction of sp³-hybridized carbons (Fsp3) is 0.636. The van der Waals surface area contributed by atoms with Gasteiger partial charge in [0, 0.05) is 31.7 Å². The van der Waals surface area contributed by atoms with Gasteiger partial charge in [-0.1, -0.05) is 25.3 Å². The Morgan fingerprint density at radius 3 is 2.72 bits per heavy atom. The highest BCUT2D eigenvalue weighted by Gasteiger charge is 2.38. The summed E-state index contributed by atoms with van der Waals surface area (Å²) in [5, 5.41) is 14.5. The number of nitrogens with one attached hydrogen (secondary N) is 2. The molecule has 2 heterocycles. The van der Waals surface area contributed by atoms with Crippen molar-refractivity contribution in [2.24, 2.45) is 11.7 Å². The zero-order chi connectivity index (χ0) is 22.9. The van der Waals surface area contributed by atoms with E-state index >= 15 is 0 Å². The Balaban J connectivity index is 1.54. The van der Waals surface area contributed by atoms with E-state index in [1.807, 2.05) is 23.1 Å². The molecule has 1 aliphatic heterocycles. The van der Waals surface area contributed by atoms with Crippen molar-refractivity contribution in [3.05, 3.63) is 24.4 Å². The largest absolute Gasteiger partial charge is 0.480 e. The van der Waals surface area contributed by atoms with Crippen LogP contribution in [0.4, 0.5) is 5.82 Å². The zero-order valence-electron chi connectivity index (χ0n) is 18.2. The maximum absolute atomic E-state index is 13.2. The molecule has 5 N–H and O–H groups in total. The van der Waals surface area contributed by atoms with E-state index in [2.05, 4.69) is 15.6 Å². The number of nitrogens with zero attached hydrogens (tertiary/aromatic N) is 2. The van der Waals surface area contributed by atoms with E-state index in [4.69, 9.17) is 15.6 Å². The van der Waals surface area contributed by atoms with Crippen LogP contribution in [0.2, 0.25) is 0 Å². The van der Waals surface area contributed by atoms with Gasteiger partial charge in [0.2, 0.25) is 11.8 Å². The number of carboxylic acids is 1. The number of carbonyl (C=O) groups is 3. The Morgan fingerprint density at radius 2 is 2.03 bits per heavy atom. The summed E-state index contributed by atoms with van der Waals surface area (Å²) in [6.45, 7) is 0.620. The van der Waals surface area contributed by atoms with Crippen molar-refractivity contribution in [2.75, 3.05) is 31.6 Å². The Bertz CT molecular complexity index is 771. The van der Waals surface area contributed by atoms with Crippen LogP contribution in [0.1, 0.15) is 38.5 Å². The first-order valence-electron chi connectivity index (χ1n) is 11.3. The summed E-state index contributed by atoms with van der Waals surface area (Å²) in [7, 11) is 0.